The fraction of sp³-hybridized carbons (Fsp3) is 0.101. The fourth-order valence-electron chi connectivity index (χ4n) is 12.2. The predicted octanol–water partition coefficient (Wildman–Crippen LogP) is 19.4. The van der Waals surface area contributed by atoms with Crippen LogP contribution in [0.2, 0.25) is 0 Å². The molecule has 0 heterocycles. The smallest absolute Gasteiger partial charge is 0.0165 e. The first-order valence-corrected chi connectivity index (χ1v) is 24.7. The summed E-state index contributed by atoms with van der Waals surface area (Å²) in [5.41, 5.74) is 20.8. The predicted molar refractivity (Wildman–Crippen MR) is 297 cm³/mol. The van der Waals surface area contributed by atoms with Crippen molar-refractivity contribution in [1.82, 2.24) is 0 Å². The van der Waals surface area contributed by atoms with E-state index in [4.69, 9.17) is 0 Å². The van der Waals surface area contributed by atoms with Crippen LogP contribution >= 0.6 is 0 Å². The third kappa shape index (κ3) is 6.50. The van der Waals surface area contributed by atoms with Crippen LogP contribution in [0, 0.1) is 6.92 Å². The Morgan fingerprint density at radius 2 is 0.870 bits per heavy atom. The molecular weight excluding hydrogens is 829 g/mol. The monoisotopic (exact) mass is 880 g/mol. The Labute approximate surface area is 405 Å². The van der Waals surface area contributed by atoms with E-state index < -0.39 is 0 Å². The lowest BCUT2D eigenvalue weighted by atomic mass is 9.80. The van der Waals surface area contributed by atoms with Gasteiger partial charge in [0.2, 0.25) is 0 Å². The molecule has 0 spiro atoms. The highest BCUT2D eigenvalue weighted by Gasteiger charge is 2.37. The second kappa shape index (κ2) is 16.0. The molecule has 0 heteroatoms. The van der Waals surface area contributed by atoms with Gasteiger partial charge in [-0.1, -0.05) is 215 Å². The van der Waals surface area contributed by atoms with Crippen molar-refractivity contribution in [1.29, 1.82) is 0 Å². The first kappa shape index (κ1) is 41.2. The van der Waals surface area contributed by atoms with Gasteiger partial charge >= 0.3 is 0 Å². The summed E-state index contributed by atoms with van der Waals surface area (Å²) in [6.45, 7) is 9.36. The van der Waals surface area contributed by atoms with Crippen molar-refractivity contribution in [2.45, 2.75) is 46.0 Å². The molecule has 1 aliphatic carbocycles. The van der Waals surface area contributed by atoms with Crippen LogP contribution < -0.4 is 0 Å². The number of hydrogen-bond donors (Lipinski definition) is 0. The second-order valence-electron chi connectivity index (χ2n) is 19.9. The van der Waals surface area contributed by atoms with E-state index in [1.165, 1.54) is 143 Å². The molecule has 1 aliphatic rings. The minimum Gasteiger partial charge on any atom is -0.0651 e. The molecule has 12 aromatic rings. The summed E-state index contributed by atoms with van der Waals surface area (Å²) in [5, 5.41) is 12.8. The number of aryl methyl sites for hydroxylation is 2. The van der Waals surface area contributed by atoms with E-state index in [0.29, 0.717) is 0 Å². The van der Waals surface area contributed by atoms with E-state index in [1.54, 1.807) is 0 Å². The molecule has 0 nitrogen and oxygen atoms in total. The number of benzene rings is 12. The van der Waals surface area contributed by atoms with Crippen LogP contribution in [0.25, 0.3) is 121 Å². The Hall–Kier alpha value is -8.06. The van der Waals surface area contributed by atoms with Crippen LogP contribution in [0.15, 0.2) is 218 Å². The summed E-state index contributed by atoms with van der Waals surface area (Å²) in [6.07, 6.45) is 2.10. The van der Waals surface area contributed by atoms with Crippen LogP contribution in [0.3, 0.4) is 0 Å². The number of rotatable bonds is 7. The lowest BCUT2D eigenvalue weighted by molar-refractivity contribution is 0.666. The Morgan fingerprint density at radius 3 is 1.57 bits per heavy atom. The molecule has 0 unspecified atom stereocenters. The van der Waals surface area contributed by atoms with Gasteiger partial charge in [0, 0.05) is 5.41 Å². The van der Waals surface area contributed by atoms with Gasteiger partial charge in [-0.15, -0.1) is 0 Å². The molecule has 0 bridgehead atoms. The van der Waals surface area contributed by atoms with Gasteiger partial charge in [-0.25, -0.2) is 0 Å². The molecule has 0 amide bonds. The molecule has 0 saturated heterocycles. The average molecular weight is 881 g/mol. The molecule has 328 valence electrons. The standard InChI is InChI=1S/C69H52/c1-5-17-44-32-33-46(47-35-37-65-64(40-47)60-36-34-45-18-6-9-23-53(45)68(60)69(65,3)4)39-62(44)61-42-51(31-30-43(61)2)67-58-28-14-12-26-56(58)66(57-27-13-15-29-59(57)67)50-21-16-20-48(38-50)63-41-49-19-7-8-22-52(49)54-24-10-11-25-55(54)63/h6-16,18-42H,5,17H2,1-4H3. The maximum atomic E-state index is 2.49. The first-order valence-electron chi connectivity index (χ1n) is 24.7. The highest BCUT2D eigenvalue weighted by Crippen LogP contribution is 2.53. The molecule has 0 aliphatic heterocycles. The van der Waals surface area contributed by atoms with Gasteiger partial charge in [-0.3, -0.25) is 0 Å². The summed E-state index contributed by atoms with van der Waals surface area (Å²) in [5.74, 6) is 0. The van der Waals surface area contributed by atoms with Crippen LogP contribution in [0.5, 0.6) is 0 Å². The quantitative estimate of drug-likeness (QED) is 0.111. The van der Waals surface area contributed by atoms with Gasteiger partial charge in [0.15, 0.2) is 0 Å². The maximum Gasteiger partial charge on any atom is 0.0165 e. The van der Waals surface area contributed by atoms with E-state index in [2.05, 4.69) is 246 Å². The number of fused-ring (bicyclic) bond motifs is 10. The van der Waals surface area contributed by atoms with E-state index in [9.17, 15) is 0 Å². The summed E-state index contributed by atoms with van der Waals surface area (Å²) in [4.78, 5) is 0. The zero-order valence-electron chi connectivity index (χ0n) is 39.7. The number of hydrogen-bond acceptors (Lipinski definition) is 0. The molecule has 0 fully saturated rings. The highest BCUT2D eigenvalue weighted by atomic mass is 14.4. The van der Waals surface area contributed by atoms with Crippen molar-refractivity contribution in [3.05, 3.63) is 241 Å². The lowest BCUT2D eigenvalue weighted by Gasteiger charge is -2.23. The minimum absolute atomic E-state index is 0.0818. The zero-order chi connectivity index (χ0) is 46.4. The van der Waals surface area contributed by atoms with E-state index in [-0.39, 0.29) is 5.41 Å². The van der Waals surface area contributed by atoms with Crippen molar-refractivity contribution in [2.75, 3.05) is 0 Å². The topological polar surface area (TPSA) is 0 Å². The first-order chi connectivity index (χ1) is 33.9. The van der Waals surface area contributed by atoms with Gasteiger partial charge in [0.05, 0.1) is 0 Å². The Bertz CT molecular complexity index is 4010. The second-order valence-corrected chi connectivity index (χ2v) is 19.9. The van der Waals surface area contributed by atoms with E-state index in [0.717, 1.165) is 12.8 Å². The van der Waals surface area contributed by atoms with Crippen LogP contribution in [-0.4, -0.2) is 0 Å². The van der Waals surface area contributed by atoms with Gasteiger partial charge < -0.3 is 0 Å². The van der Waals surface area contributed by atoms with Crippen molar-refractivity contribution in [2.24, 2.45) is 0 Å². The Balaban J connectivity index is 0.957. The van der Waals surface area contributed by atoms with Crippen molar-refractivity contribution < 1.29 is 0 Å². The molecule has 0 atom stereocenters. The summed E-state index contributed by atoms with van der Waals surface area (Å²) in [7, 11) is 0. The van der Waals surface area contributed by atoms with E-state index in [1.807, 2.05) is 0 Å². The van der Waals surface area contributed by atoms with Crippen molar-refractivity contribution >= 4 is 53.9 Å². The molecule has 13 rings (SSSR count). The largest absolute Gasteiger partial charge is 0.0651 e. The van der Waals surface area contributed by atoms with Gasteiger partial charge in [-0.2, -0.15) is 0 Å². The van der Waals surface area contributed by atoms with Crippen molar-refractivity contribution in [3.63, 3.8) is 0 Å². The molecule has 0 radical (unpaired) electrons. The normalized spacial score (nSPS) is 12.9. The minimum atomic E-state index is -0.0818. The summed E-state index contributed by atoms with van der Waals surface area (Å²) in [6, 6.07) is 82.5. The third-order valence-electron chi connectivity index (χ3n) is 15.5. The average Bonchev–Trinajstić information content (AvgIpc) is 3.63. The maximum absolute atomic E-state index is 2.49. The van der Waals surface area contributed by atoms with Gasteiger partial charge in [0.25, 0.3) is 0 Å². The Kier molecular flexibility index (Phi) is 9.57. The molecule has 0 saturated carbocycles. The molecule has 0 N–H and O–H groups in total. The Morgan fingerprint density at radius 1 is 0.333 bits per heavy atom. The molecule has 12 aromatic carbocycles. The fourth-order valence-corrected chi connectivity index (χ4v) is 12.2. The van der Waals surface area contributed by atoms with Gasteiger partial charge in [-0.05, 0) is 187 Å². The highest BCUT2D eigenvalue weighted by molar-refractivity contribution is 6.22. The zero-order valence-corrected chi connectivity index (χ0v) is 39.7. The third-order valence-corrected chi connectivity index (χ3v) is 15.5. The lowest BCUT2D eigenvalue weighted by Crippen LogP contribution is -2.15. The molecule has 69 heavy (non-hydrogen) atoms. The molecule has 0 aromatic heterocycles. The van der Waals surface area contributed by atoms with Gasteiger partial charge in [0.1, 0.15) is 0 Å². The van der Waals surface area contributed by atoms with Crippen LogP contribution in [0.1, 0.15) is 49.4 Å². The van der Waals surface area contributed by atoms with Crippen LogP contribution in [0.4, 0.5) is 0 Å². The molecular formula is C69H52. The van der Waals surface area contributed by atoms with E-state index >= 15 is 0 Å². The summed E-state index contributed by atoms with van der Waals surface area (Å²) >= 11 is 0. The van der Waals surface area contributed by atoms with Crippen molar-refractivity contribution in [3.8, 4) is 66.8 Å². The summed E-state index contributed by atoms with van der Waals surface area (Å²) < 4.78 is 0. The van der Waals surface area contributed by atoms with Crippen LogP contribution in [-0.2, 0) is 11.8 Å². The SMILES string of the molecule is CCCc1ccc(-c2ccc3c(c2)-c2ccc4ccccc4c2C3(C)C)cc1-c1cc(-c2c3ccccc3c(-c3cccc(-c4cc5ccccc5c5ccccc45)c3)c3ccccc23)ccc1C.